The predicted molar refractivity (Wildman–Crippen MR) is 125 cm³/mol. The normalized spacial score (nSPS) is 11.6. The highest BCUT2D eigenvalue weighted by Crippen LogP contribution is 2.37. The van der Waals surface area contributed by atoms with E-state index in [1.54, 1.807) is 23.9 Å². The maximum atomic E-state index is 13.2. The number of alkyl halides is 3. The number of aromatic nitrogens is 6. The van der Waals surface area contributed by atoms with E-state index in [1.165, 1.54) is 13.4 Å². The van der Waals surface area contributed by atoms with E-state index < -0.39 is 17.9 Å². The van der Waals surface area contributed by atoms with Crippen LogP contribution in [0.3, 0.4) is 0 Å². The molecular formula is C24H18F3N7O2. The van der Waals surface area contributed by atoms with Crippen molar-refractivity contribution in [1.29, 1.82) is 0 Å². The van der Waals surface area contributed by atoms with Crippen molar-refractivity contribution in [2.75, 3.05) is 12.4 Å². The molecule has 1 N–H and O–H groups in total. The summed E-state index contributed by atoms with van der Waals surface area (Å²) in [5, 5.41) is 10.8. The summed E-state index contributed by atoms with van der Waals surface area (Å²) in [6, 6.07) is 13.7. The van der Waals surface area contributed by atoms with Crippen LogP contribution in [0.2, 0.25) is 0 Å². The van der Waals surface area contributed by atoms with Gasteiger partial charge in [0.25, 0.3) is 5.91 Å². The van der Waals surface area contributed by atoms with E-state index in [4.69, 9.17) is 4.74 Å². The summed E-state index contributed by atoms with van der Waals surface area (Å²) in [5.41, 5.74) is 2.80. The molecule has 0 atom stereocenters. The van der Waals surface area contributed by atoms with Crippen molar-refractivity contribution in [3.63, 3.8) is 0 Å². The molecule has 3 aromatic heterocycles. The Kier molecular flexibility index (Phi) is 5.63. The van der Waals surface area contributed by atoms with Crippen LogP contribution < -0.4 is 10.1 Å². The monoisotopic (exact) mass is 493 g/mol. The van der Waals surface area contributed by atoms with Crippen LogP contribution in [-0.2, 0) is 13.3 Å². The molecule has 0 aliphatic carbocycles. The number of rotatable bonds is 5. The number of ether oxygens (including phenoxy) is 1. The topological polar surface area (TPSA) is 99.8 Å². The van der Waals surface area contributed by atoms with Crippen LogP contribution >= 0.6 is 0 Å². The highest BCUT2D eigenvalue weighted by Gasteiger charge is 2.35. The molecular weight excluding hydrogens is 475 g/mol. The lowest BCUT2D eigenvalue weighted by molar-refractivity contribution is -0.212. The van der Waals surface area contributed by atoms with Gasteiger partial charge in [0.1, 0.15) is 23.5 Å². The zero-order chi connectivity index (χ0) is 25.4. The minimum atomic E-state index is -4.85. The highest BCUT2D eigenvalue weighted by molar-refractivity contribution is 6.06. The fraction of sp³-hybridized carbons (Fsp3) is 0.125. The SMILES string of the molecule is COc1cc2ncnc(-c3cn(C)nc3-c3ccccc3)c2cc1NC(=O)c1ccnn1C(F)(F)F. The number of hydrogen-bond donors (Lipinski definition) is 1. The lowest BCUT2D eigenvalue weighted by Crippen LogP contribution is -2.26. The number of hydrogen-bond acceptors (Lipinski definition) is 6. The molecule has 0 aliphatic heterocycles. The molecule has 0 spiro atoms. The first-order valence-corrected chi connectivity index (χ1v) is 10.6. The van der Waals surface area contributed by atoms with Gasteiger partial charge in [-0.05, 0) is 12.1 Å². The summed E-state index contributed by atoms with van der Waals surface area (Å²) in [4.78, 5) is 21.5. The van der Waals surface area contributed by atoms with E-state index in [0.29, 0.717) is 27.9 Å². The van der Waals surface area contributed by atoms with Gasteiger partial charge in [-0.25, -0.2) is 9.97 Å². The van der Waals surface area contributed by atoms with Gasteiger partial charge in [0.05, 0.1) is 30.2 Å². The van der Waals surface area contributed by atoms with Crippen molar-refractivity contribution in [2.24, 2.45) is 7.05 Å². The molecule has 0 fully saturated rings. The molecule has 36 heavy (non-hydrogen) atoms. The van der Waals surface area contributed by atoms with Crippen molar-refractivity contribution in [3.8, 4) is 28.3 Å². The second-order valence-corrected chi connectivity index (χ2v) is 7.77. The third kappa shape index (κ3) is 4.13. The molecule has 1 amide bonds. The van der Waals surface area contributed by atoms with Gasteiger partial charge in [-0.15, -0.1) is 13.2 Å². The molecule has 0 saturated carbocycles. The van der Waals surface area contributed by atoms with Gasteiger partial charge in [-0.1, -0.05) is 30.3 Å². The van der Waals surface area contributed by atoms with Crippen LogP contribution in [0.1, 0.15) is 10.5 Å². The highest BCUT2D eigenvalue weighted by atomic mass is 19.4. The molecule has 0 radical (unpaired) electrons. The number of benzene rings is 2. The van der Waals surface area contributed by atoms with Crippen LogP contribution in [0.25, 0.3) is 33.4 Å². The van der Waals surface area contributed by atoms with Crippen LogP contribution in [0.4, 0.5) is 18.9 Å². The van der Waals surface area contributed by atoms with E-state index in [-0.39, 0.29) is 16.1 Å². The van der Waals surface area contributed by atoms with E-state index in [2.05, 4.69) is 25.5 Å². The number of halogens is 3. The van der Waals surface area contributed by atoms with Crippen molar-refractivity contribution in [2.45, 2.75) is 6.30 Å². The molecule has 0 unspecified atom stereocenters. The third-order valence-electron chi connectivity index (χ3n) is 5.45. The molecule has 0 bridgehead atoms. The van der Waals surface area contributed by atoms with Crippen LogP contribution in [0, 0.1) is 0 Å². The van der Waals surface area contributed by atoms with E-state index >= 15 is 0 Å². The van der Waals surface area contributed by atoms with E-state index in [1.807, 2.05) is 36.5 Å². The lowest BCUT2D eigenvalue weighted by atomic mass is 10.0. The number of carbonyl (C=O) groups excluding carboxylic acids is 1. The summed E-state index contributed by atoms with van der Waals surface area (Å²) in [6.45, 7) is 0. The van der Waals surface area contributed by atoms with Gasteiger partial charge in [-0.3, -0.25) is 9.48 Å². The number of fused-ring (bicyclic) bond motifs is 1. The van der Waals surface area contributed by atoms with Gasteiger partial charge >= 0.3 is 6.30 Å². The summed E-state index contributed by atoms with van der Waals surface area (Å²) in [7, 11) is 3.17. The number of methoxy groups -OCH3 is 1. The van der Waals surface area contributed by atoms with Crippen LogP contribution in [0.5, 0.6) is 5.75 Å². The molecule has 2 aromatic carbocycles. The summed E-state index contributed by atoms with van der Waals surface area (Å²) in [5.74, 6) is -0.791. The van der Waals surface area contributed by atoms with Gasteiger partial charge in [-0.2, -0.15) is 14.9 Å². The first kappa shape index (κ1) is 23.0. The number of carbonyl (C=O) groups is 1. The van der Waals surface area contributed by atoms with Crippen molar-refractivity contribution < 1.29 is 22.7 Å². The Hall–Kier alpha value is -4.74. The van der Waals surface area contributed by atoms with Crippen molar-refractivity contribution in [3.05, 3.63) is 72.9 Å². The molecule has 3 heterocycles. The smallest absolute Gasteiger partial charge is 0.494 e. The Balaban J connectivity index is 1.63. The summed E-state index contributed by atoms with van der Waals surface area (Å²) in [6.07, 6.45) is -0.730. The van der Waals surface area contributed by atoms with E-state index in [9.17, 15) is 18.0 Å². The van der Waals surface area contributed by atoms with Crippen LogP contribution in [-0.4, -0.2) is 42.5 Å². The Morgan fingerprint density at radius 1 is 1.06 bits per heavy atom. The number of aryl methyl sites for hydroxylation is 1. The third-order valence-corrected chi connectivity index (χ3v) is 5.45. The van der Waals surface area contributed by atoms with Gasteiger partial charge < -0.3 is 10.1 Å². The molecule has 9 nitrogen and oxygen atoms in total. The summed E-state index contributed by atoms with van der Waals surface area (Å²) < 4.78 is 46.4. The van der Waals surface area contributed by atoms with Gasteiger partial charge in [0.2, 0.25) is 0 Å². The minimum absolute atomic E-state index is 0.145. The second kappa shape index (κ2) is 8.80. The standard InChI is InChI=1S/C24H18F3N7O2/c1-33-12-16(21(32-33)14-6-4-3-5-7-14)22-15-10-18(20(36-2)11-17(15)28-13-29-22)31-23(35)19-8-9-30-34(19)24(25,26)27/h3-13H,1-2H3,(H,31,35). The Morgan fingerprint density at radius 2 is 1.83 bits per heavy atom. The minimum Gasteiger partial charge on any atom is -0.494 e. The summed E-state index contributed by atoms with van der Waals surface area (Å²) >= 11 is 0. The zero-order valence-electron chi connectivity index (χ0n) is 19.0. The first-order chi connectivity index (χ1) is 17.3. The largest absolute Gasteiger partial charge is 0.505 e. The maximum Gasteiger partial charge on any atom is 0.505 e. The number of anilines is 1. The number of amides is 1. The molecule has 12 heteroatoms. The Morgan fingerprint density at radius 3 is 2.56 bits per heavy atom. The maximum absolute atomic E-state index is 13.2. The molecule has 5 aromatic rings. The quantitative estimate of drug-likeness (QED) is 0.383. The molecule has 5 rings (SSSR count). The molecule has 0 saturated heterocycles. The fourth-order valence-electron chi connectivity index (χ4n) is 3.90. The Bertz CT molecular complexity index is 1580. The Labute approximate surface area is 202 Å². The predicted octanol–water partition coefficient (Wildman–Crippen LogP) is 4.63. The average molecular weight is 493 g/mol. The second-order valence-electron chi connectivity index (χ2n) is 7.77. The number of nitrogens with one attached hydrogen (secondary N) is 1. The number of nitrogens with zero attached hydrogens (tertiary/aromatic N) is 6. The molecule has 0 aliphatic rings. The van der Waals surface area contributed by atoms with Crippen LogP contribution in [0.15, 0.2) is 67.3 Å². The zero-order valence-corrected chi connectivity index (χ0v) is 19.0. The molecule has 182 valence electrons. The average Bonchev–Trinajstić information content (AvgIpc) is 3.51. The lowest BCUT2D eigenvalue weighted by Gasteiger charge is -2.14. The van der Waals surface area contributed by atoms with Gasteiger partial charge in [0, 0.05) is 35.8 Å². The fourth-order valence-corrected chi connectivity index (χ4v) is 3.90. The van der Waals surface area contributed by atoms with Crippen molar-refractivity contribution in [1.82, 2.24) is 29.5 Å². The first-order valence-electron chi connectivity index (χ1n) is 10.6. The van der Waals surface area contributed by atoms with Crippen molar-refractivity contribution >= 4 is 22.5 Å². The van der Waals surface area contributed by atoms with E-state index in [0.717, 1.165) is 17.8 Å². The van der Waals surface area contributed by atoms with Gasteiger partial charge in [0.15, 0.2) is 0 Å².